The summed E-state index contributed by atoms with van der Waals surface area (Å²) in [7, 11) is 3.99. The quantitative estimate of drug-likeness (QED) is 0.750. The second-order valence-electron chi connectivity index (χ2n) is 4.57. The van der Waals surface area contributed by atoms with Gasteiger partial charge in [-0.15, -0.1) is 0 Å². The van der Waals surface area contributed by atoms with Gasteiger partial charge < -0.3 is 15.3 Å². The van der Waals surface area contributed by atoms with Crippen LogP contribution in [0.5, 0.6) is 5.75 Å². The standard InChI is InChI=1S/C13H20N2O/c1-14-12-5-3-4-11(13(12)16)10-6-8-15(2)9-7-10/h3-5,10,14,16H,6-9H2,1-2H3. The number of phenols is 1. The lowest BCUT2D eigenvalue weighted by Gasteiger charge is -2.29. The van der Waals surface area contributed by atoms with Crippen LogP contribution in [-0.4, -0.2) is 37.2 Å². The topological polar surface area (TPSA) is 35.5 Å². The molecule has 0 aliphatic carbocycles. The Hall–Kier alpha value is -1.22. The second kappa shape index (κ2) is 4.74. The first-order valence-corrected chi connectivity index (χ1v) is 5.90. The molecule has 16 heavy (non-hydrogen) atoms. The number of phenolic OH excluding ortho intramolecular Hbond substituents is 1. The largest absolute Gasteiger partial charge is 0.505 e. The summed E-state index contributed by atoms with van der Waals surface area (Å²) in [5, 5.41) is 13.2. The zero-order chi connectivity index (χ0) is 11.5. The minimum absolute atomic E-state index is 0.430. The SMILES string of the molecule is CNc1cccc(C2CCN(C)CC2)c1O. The molecule has 2 N–H and O–H groups in total. The van der Waals surface area contributed by atoms with Crippen LogP contribution < -0.4 is 5.32 Å². The summed E-state index contributed by atoms with van der Waals surface area (Å²) >= 11 is 0. The number of aromatic hydroxyl groups is 1. The fourth-order valence-corrected chi connectivity index (χ4v) is 2.41. The molecule has 0 amide bonds. The normalized spacial score (nSPS) is 18.6. The van der Waals surface area contributed by atoms with Gasteiger partial charge >= 0.3 is 0 Å². The average molecular weight is 220 g/mol. The van der Waals surface area contributed by atoms with Crippen LogP contribution in [0.3, 0.4) is 0 Å². The molecule has 0 unspecified atom stereocenters. The third-order valence-corrected chi connectivity index (χ3v) is 3.49. The Kier molecular flexibility index (Phi) is 3.34. The van der Waals surface area contributed by atoms with Crippen LogP contribution in [-0.2, 0) is 0 Å². The fourth-order valence-electron chi connectivity index (χ4n) is 2.41. The lowest BCUT2D eigenvalue weighted by atomic mass is 9.88. The maximum atomic E-state index is 10.1. The summed E-state index contributed by atoms with van der Waals surface area (Å²) in [6.45, 7) is 2.24. The zero-order valence-corrected chi connectivity index (χ0v) is 10.0. The van der Waals surface area contributed by atoms with Gasteiger partial charge in [-0.1, -0.05) is 12.1 Å². The van der Waals surface area contributed by atoms with Crippen molar-refractivity contribution in [2.45, 2.75) is 18.8 Å². The number of para-hydroxylation sites is 1. The Bertz CT molecular complexity index is 357. The number of hydrogen-bond donors (Lipinski definition) is 2. The molecule has 0 spiro atoms. The summed E-state index contributed by atoms with van der Waals surface area (Å²) < 4.78 is 0. The van der Waals surface area contributed by atoms with Gasteiger partial charge in [-0.25, -0.2) is 0 Å². The molecule has 2 rings (SSSR count). The minimum Gasteiger partial charge on any atom is -0.505 e. The summed E-state index contributed by atoms with van der Waals surface area (Å²) in [4.78, 5) is 2.34. The van der Waals surface area contributed by atoms with E-state index in [0.29, 0.717) is 11.7 Å². The number of hydrogen-bond acceptors (Lipinski definition) is 3. The average Bonchev–Trinajstić information content (AvgIpc) is 2.31. The van der Waals surface area contributed by atoms with Crippen LogP contribution in [0.25, 0.3) is 0 Å². The Morgan fingerprint density at radius 1 is 1.31 bits per heavy atom. The van der Waals surface area contributed by atoms with Crippen LogP contribution in [0.15, 0.2) is 18.2 Å². The van der Waals surface area contributed by atoms with E-state index in [2.05, 4.69) is 17.3 Å². The maximum absolute atomic E-state index is 10.1. The summed E-state index contributed by atoms with van der Waals surface area (Å²) in [5.74, 6) is 0.934. The molecule has 1 aromatic carbocycles. The van der Waals surface area contributed by atoms with Crippen molar-refractivity contribution in [2.24, 2.45) is 0 Å². The van der Waals surface area contributed by atoms with E-state index >= 15 is 0 Å². The number of nitrogens with one attached hydrogen (secondary N) is 1. The second-order valence-corrected chi connectivity index (χ2v) is 4.57. The Morgan fingerprint density at radius 2 is 2.00 bits per heavy atom. The number of nitrogens with zero attached hydrogens (tertiary/aromatic N) is 1. The molecule has 1 saturated heterocycles. The summed E-state index contributed by atoms with van der Waals surface area (Å²) in [6, 6.07) is 5.97. The van der Waals surface area contributed by atoms with Gasteiger partial charge in [-0.2, -0.15) is 0 Å². The molecule has 0 bridgehead atoms. The van der Waals surface area contributed by atoms with Crippen molar-refractivity contribution in [3.8, 4) is 5.75 Å². The predicted octanol–water partition coefficient (Wildman–Crippen LogP) is 2.24. The summed E-state index contributed by atoms with van der Waals surface area (Å²) in [5.41, 5.74) is 1.93. The van der Waals surface area contributed by atoms with Gasteiger partial charge in [0.05, 0.1) is 5.69 Å². The predicted molar refractivity (Wildman–Crippen MR) is 67.1 cm³/mol. The molecule has 1 aliphatic heterocycles. The Balaban J connectivity index is 2.20. The van der Waals surface area contributed by atoms with Crippen LogP contribution in [0.2, 0.25) is 0 Å². The van der Waals surface area contributed by atoms with E-state index in [1.807, 2.05) is 25.2 Å². The smallest absolute Gasteiger partial charge is 0.142 e. The van der Waals surface area contributed by atoms with Crippen molar-refractivity contribution in [1.29, 1.82) is 0 Å². The first-order chi connectivity index (χ1) is 7.72. The van der Waals surface area contributed by atoms with Crippen molar-refractivity contribution < 1.29 is 5.11 Å². The van der Waals surface area contributed by atoms with Gasteiger partial charge in [-0.05, 0) is 50.5 Å². The van der Waals surface area contributed by atoms with Gasteiger partial charge in [0, 0.05) is 7.05 Å². The van der Waals surface area contributed by atoms with Crippen LogP contribution in [0.4, 0.5) is 5.69 Å². The van der Waals surface area contributed by atoms with E-state index in [1.54, 1.807) is 0 Å². The van der Waals surface area contributed by atoms with E-state index in [1.165, 1.54) is 0 Å². The van der Waals surface area contributed by atoms with Gasteiger partial charge in [0.1, 0.15) is 5.75 Å². The van der Waals surface area contributed by atoms with Crippen molar-refractivity contribution >= 4 is 5.69 Å². The minimum atomic E-state index is 0.430. The molecule has 1 aliphatic rings. The van der Waals surface area contributed by atoms with Crippen molar-refractivity contribution in [3.63, 3.8) is 0 Å². The fraction of sp³-hybridized carbons (Fsp3) is 0.538. The van der Waals surface area contributed by atoms with Gasteiger partial charge in [0.15, 0.2) is 0 Å². The monoisotopic (exact) mass is 220 g/mol. The van der Waals surface area contributed by atoms with E-state index < -0.39 is 0 Å². The number of piperidine rings is 1. The Morgan fingerprint density at radius 3 is 2.62 bits per heavy atom. The molecule has 0 radical (unpaired) electrons. The molecule has 0 saturated carbocycles. The molecule has 3 nitrogen and oxygen atoms in total. The van der Waals surface area contributed by atoms with Crippen LogP contribution in [0, 0.1) is 0 Å². The first kappa shape index (κ1) is 11.3. The number of benzene rings is 1. The molecular formula is C13H20N2O. The van der Waals surface area contributed by atoms with Crippen LogP contribution >= 0.6 is 0 Å². The molecule has 1 fully saturated rings. The molecule has 1 heterocycles. The first-order valence-electron chi connectivity index (χ1n) is 5.90. The van der Waals surface area contributed by atoms with Gasteiger partial charge in [-0.3, -0.25) is 0 Å². The molecular weight excluding hydrogens is 200 g/mol. The van der Waals surface area contributed by atoms with Gasteiger partial charge in [0.25, 0.3) is 0 Å². The van der Waals surface area contributed by atoms with Crippen LogP contribution in [0.1, 0.15) is 24.3 Å². The highest BCUT2D eigenvalue weighted by molar-refractivity contribution is 5.59. The number of anilines is 1. The van der Waals surface area contributed by atoms with Crippen molar-refractivity contribution in [2.75, 3.05) is 32.5 Å². The highest BCUT2D eigenvalue weighted by Gasteiger charge is 2.21. The van der Waals surface area contributed by atoms with Crippen molar-refractivity contribution in [3.05, 3.63) is 23.8 Å². The molecule has 88 valence electrons. The van der Waals surface area contributed by atoms with Gasteiger partial charge in [0.2, 0.25) is 0 Å². The van der Waals surface area contributed by atoms with Crippen molar-refractivity contribution in [1.82, 2.24) is 4.90 Å². The molecule has 3 heteroatoms. The zero-order valence-electron chi connectivity index (χ0n) is 10.0. The highest BCUT2D eigenvalue weighted by atomic mass is 16.3. The Labute approximate surface area is 97.1 Å². The lowest BCUT2D eigenvalue weighted by molar-refractivity contribution is 0.253. The maximum Gasteiger partial charge on any atom is 0.142 e. The van der Waals surface area contributed by atoms with E-state index in [-0.39, 0.29) is 0 Å². The van der Waals surface area contributed by atoms with E-state index in [4.69, 9.17) is 0 Å². The highest BCUT2D eigenvalue weighted by Crippen LogP contribution is 2.37. The third kappa shape index (κ3) is 2.14. The number of likely N-dealkylation sites (tertiary alicyclic amines) is 1. The third-order valence-electron chi connectivity index (χ3n) is 3.49. The molecule has 0 aromatic heterocycles. The van der Waals surface area contributed by atoms with E-state index in [9.17, 15) is 5.11 Å². The number of rotatable bonds is 2. The molecule has 0 atom stereocenters. The molecule has 1 aromatic rings. The summed E-state index contributed by atoms with van der Waals surface area (Å²) in [6.07, 6.45) is 2.27. The van der Waals surface area contributed by atoms with E-state index in [0.717, 1.165) is 37.2 Å². The lowest BCUT2D eigenvalue weighted by Crippen LogP contribution is -2.29.